The Morgan fingerprint density at radius 3 is 2.77 bits per heavy atom. The number of aliphatic hydroxyl groups is 1. The van der Waals surface area contributed by atoms with Crippen molar-refractivity contribution in [3.8, 4) is 5.75 Å². The fourth-order valence-electron chi connectivity index (χ4n) is 6.81. The molecular weight excluding hydrogens is 510 g/mol. The van der Waals surface area contributed by atoms with Crippen LogP contribution in [0, 0.1) is 11.3 Å². The fourth-order valence-corrected chi connectivity index (χ4v) is 7.01. The second-order valence-corrected chi connectivity index (χ2v) is 13.5. The first-order chi connectivity index (χ1) is 18.4. The van der Waals surface area contributed by atoms with Gasteiger partial charge < -0.3 is 19.5 Å². The van der Waals surface area contributed by atoms with Crippen LogP contribution in [0.2, 0.25) is 5.02 Å². The van der Waals surface area contributed by atoms with Crippen LogP contribution in [-0.2, 0) is 16.6 Å². The van der Waals surface area contributed by atoms with E-state index in [0.717, 1.165) is 61.7 Å². The Hall–Kier alpha value is -2.50. The van der Waals surface area contributed by atoms with Crippen LogP contribution < -0.4 is 9.64 Å². The lowest BCUT2D eigenvalue weighted by Crippen LogP contribution is -2.53. The molecule has 4 atom stereocenters. The van der Waals surface area contributed by atoms with Gasteiger partial charge in [-0.1, -0.05) is 30.7 Å². The maximum absolute atomic E-state index is 13.0. The third kappa shape index (κ3) is 5.45. The molecule has 1 N–H and O–H groups in total. The number of aliphatic hydroxyl groups excluding tert-OH is 1. The molecular formula is C33H42ClNO4. The number of benzene rings is 2. The summed E-state index contributed by atoms with van der Waals surface area (Å²) in [5.41, 5.74) is 3.11. The van der Waals surface area contributed by atoms with Crippen LogP contribution in [0.5, 0.6) is 5.75 Å². The van der Waals surface area contributed by atoms with Gasteiger partial charge in [0.1, 0.15) is 11.4 Å². The minimum Gasteiger partial charge on any atom is -0.490 e. The molecule has 0 bridgehead atoms. The quantitative estimate of drug-likeness (QED) is 0.306. The van der Waals surface area contributed by atoms with Gasteiger partial charge in [-0.3, -0.25) is 0 Å². The van der Waals surface area contributed by atoms with Gasteiger partial charge in [-0.15, -0.1) is 6.58 Å². The molecule has 39 heavy (non-hydrogen) atoms. The maximum atomic E-state index is 13.0. The van der Waals surface area contributed by atoms with Crippen LogP contribution in [0.1, 0.15) is 81.3 Å². The Balaban J connectivity index is 1.54. The van der Waals surface area contributed by atoms with E-state index in [4.69, 9.17) is 21.1 Å². The second-order valence-electron chi connectivity index (χ2n) is 13.1. The number of ether oxygens (including phenoxy) is 2. The second kappa shape index (κ2) is 10.5. The van der Waals surface area contributed by atoms with E-state index in [-0.39, 0.29) is 16.8 Å². The van der Waals surface area contributed by atoms with E-state index in [9.17, 15) is 9.90 Å². The number of hydrogen-bond acceptors (Lipinski definition) is 5. The summed E-state index contributed by atoms with van der Waals surface area (Å²) < 4.78 is 12.3. The van der Waals surface area contributed by atoms with Crippen molar-refractivity contribution in [1.29, 1.82) is 0 Å². The Bertz CT molecular complexity index is 1250. The first kappa shape index (κ1) is 28.0. The summed E-state index contributed by atoms with van der Waals surface area (Å²) in [7, 11) is 0. The van der Waals surface area contributed by atoms with Gasteiger partial charge in [0.25, 0.3) is 0 Å². The topological polar surface area (TPSA) is 59.0 Å². The molecule has 1 heterocycles. The molecule has 2 aromatic rings. The molecule has 1 spiro atoms. The number of nitrogens with zero attached hydrogens (tertiary/aromatic N) is 1. The molecule has 0 amide bonds. The first-order valence-corrected chi connectivity index (χ1v) is 14.6. The van der Waals surface area contributed by atoms with Crippen LogP contribution in [0.4, 0.5) is 5.69 Å². The summed E-state index contributed by atoms with van der Waals surface area (Å²) in [6.07, 6.45) is 7.14. The van der Waals surface area contributed by atoms with Gasteiger partial charge in [0, 0.05) is 23.5 Å². The summed E-state index contributed by atoms with van der Waals surface area (Å²) in [5, 5.41) is 11.8. The number of esters is 1. The summed E-state index contributed by atoms with van der Waals surface area (Å²) in [5.74, 6) is 0.763. The third-order valence-electron chi connectivity index (χ3n) is 9.23. The van der Waals surface area contributed by atoms with E-state index in [1.54, 1.807) is 6.07 Å². The summed E-state index contributed by atoms with van der Waals surface area (Å²) >= 11 is 6.40. The smallest absolute Gasteiger partial charge is 0.338 e. The highest BCUT2D eigenvalue weighted by Gasteiger charge is 2.49. The molecule has 2 aliphatic carbocycles. The molecule has 0 aromatic heterocycles. The van der Waals surface area contributed by atoms with Crippen molar-refractivity contribution in [1.82, 2.24) is 0 Å². The van der Waals surface area contributed by atoms with E-state index in [1.165, 1.54) is 11.1 Å². The summed E-state index contributed by atoms with van der Waals surface area (Å²) in [4.78, 5) is 15.5. The molecule has 5 nitrogen and oxygen atoms in total. The van der Waals surface area contributed by atoms with Crippen molar-refractivity contribution < 1.29 is 19.4 Å². The Labute approximate surface area is 238 Å². The maximum Gasteiger partial charge on any atom is 0.338 e. The zero-order chi connectivity index (χ0) is 28.0. The van der Waals surface area contributed by atoms with Crippen molar-refractivity contribution >= 4 is 23.3 Å². The molecule has 0 radical (unpaired) electrons. The Morgan fingerprint density at radius 1 is 1.28 bits per heavy atom. The standard InChI is InChI=1S/C33H42ClNO4/c1-6-8-29(36)32(5)16-14-24(32)19-35-20-33(15-7-9-22-17-25(34)11-12-26(22)33)21-38-28-13-10-23(18-27(28)35)30(37)39-31(2,3)4/h6,10-13,17-18,24,29,36H,1,7-9,14-16,19-21H2,2-5H3/t24-,29+,32+,33-/m0/s1. The first-order valence-electron chi connectivity index (χ1n) is 14.3. The zero-order valence-corrected chi connectivity index (χ0v) is 24.5. The van der Waals surface area contributed by atoms with Crippen LogP contribution in [0.25, 0.3) is 0 Å². The lowest BCUT2D eigenvalue weighted by atomic mass is 9.57. The van der Waals surface area contributed by atoms with Crippen LogP contribution in [0.3, 0.4) is 0 Å². The number of carbonyl (C=O) groups is 1. The molecule has 5 rings (SSSR count). The van der Waals surface area contributed by atoms with Crippen molar-refractivity contribution in [2.75, 3.05) is 24.6 Å². The lowest BCUT2D eigenvalue weighted by Gasteiger charge is -2.52. The van der Waals surface area contributed by atoms with E-state index in [0.29, 0.717) is 24.5 Å². The van der Waals surface area contributed by atoms with E-state index in [1.807, 2.05) is 45.0 Å². The van der Waals surface area contributed by atoms with Gasteiger partial charge >= 0.3 is 5.97 Å². The predicted molar refractivity (Wildman–Crippen MR) is 157 cm³/mol. The monoisotopic (exact) mass is 551 g/mol. The molecule has 2 aromatic carbocycles. The number of carbonyl (C=O) groups excluding carboxylic acids is 1. The van der Waals surface area contributed by atoms with Crippen LogP contribution in [0.15, 0.2) is 49.1 Å². The minimum atomic E-state index is -0.577. The normalized spacial score (nSPS) is 26.9. The molecule has 1 aliphatic heterocycles. The fraction of sp³-hybridized carbons (Fsp3) is 0.545. The number of halogens is 1. The van der Waals surface area contributed by atoms with Gasteiger partial charge in [0.2, 0.25) is 0 Å². The highest BCUT2D eigenvalue weighted by Crippen LogP contribution is 2.52. The summed E-state index contributed by atoms with van der Waals surface area (Å²) in [6.45, 7) is 13.8. The molecule has 210 valence electrons. The third-order valence-corrected chi connectivity index (χ3v) is 9.46. The Kier molecular flexibility index (Phi) is 7.54. The Morgan fingerprint density at radius 2 is 2.08 bits per heavy atom. The molecule has 6 heteroatoms. The van der Waals surface area contributed by atoms with Crippen LogP contribution in [-0.4, -0.2) is 42.5 Å². The number of aryl methyl sites for hydroxylation is 1. The highest BCUT2D eigenvalue weighted by molar-refractivity contribution is 6.30. The van der Waals surface area contributed by atoms with Crippen molar-refractivity contribution in [3.63, 3.8) is 0 Å². The number of anilines is 1. The van der Waals surface area contributed by atoms with Gasteiger partial charge in [-0.05, 0) is 112 Å². The van der Waals surface area contributed by atoms with Crippen molar-refractivity contribution in [2.24, 2.45) is 11.3 Å². The number of hydrogen-bond donors (Lipinski definition) is 1. The number of rotatable bonds is 6. The predicted octanol–water partition coefficient (Wildman–Crippen LogP) is 7.12. The van der Waals surface area contributed by atoms with Gasteiger partial charge in [0.05, 0.1) is 24.0 Å². The molecule has 0 unspecified atom stereocenters. The molecule has 0 saturated heterocycles. The van der Waals surface area contributed by atoms with E-state index < -0.39 is 11.7 Å². The van der Waals surface area contributed by atoms with E-state index >= 15 is 0 Å². The number of fused-ring (bicyclic) bond motifs is 3. The summed E-state index contributed by atoms with van der Waals surface area (Å²) in [6, 6.07) is 11.9. The van der Waals surface area contributed by atoms with Crippen molar-refractivity contribution in [2.45, 2.75) is 83.3 Å². The molecule has 1 fully saturated rings. The lowest BCUT2D eigenvalue weighted by molar-refractivity contribution is -0.0695. The van der Waals surface area contributed by atoms with Crippen molar-refractivity contribution in [3.05, 3.63) is 70.8 Å². The molecule has 3 aliphatic rings. The average molecular weight is 552 g/mol. The van der Waals surface area contributed by atoms with Gasteiger partial charge in [0.15, 0.2) is 0 Å². The van der Waals surface area contributed by atoms with Crippen LogP contribution >= 0.6 is 11.6 Å². The van der Waals surface area contributed by atoms with Gasteiger partial charge in [-0.2, -0.15) is 0 Å². The van der Waals surface area contributed by atoms with Gasteiger partial charge in [-0.25, -0.2) is 4.79 Å². The zero-order valence-electron chi connectivity index (χ0n) is 23.8. The molecule has 1 saturated carbocycles. The largest absolute Gasteiger partial charge is 0.490 e. The minimum absolute atomic E-state index is 0.171. The SMILES string of the molecule is C=CC[C@@H](O)[C@]1(C)CC[C@H]1CN1C[C@@]2(CCCc3cc(Cl)ccc32)COc2ccc(C(=O)OC(C)(C)C)cc21. The van der Waals surface area contributed by atoms with E-state index in [2.05, 4.69) is 30.5 Å². The average Bonchev–Trinajstić information content (AvgIpc) is 3.02. The highest BCUT2D eigenvalue weighted by atomic mass is 35.5.